The average molecular weight is 516 g/mol. The van der Waals surface area contributed by atoms with Gasteiger partial charge in [-0.2, -0.15) is 5.06 Å². The Morgan fingerprint density at radius 2 is 1.44 bits per heavy atom. The molecule has 1 aliphatic carbocycles. The molecule has 4 rings (SSSR count). The van der Waals surface area contributed by atoms with Crippen LogP contribution in [0.3, 0.4) is 0 Å². The van der Waals surface area contributed by atoms with Crippen molar-refractivity contribution < 1.29 is 19.2 Å². The van der Waals surface area contributed by atoms with Crippen LogP contribution in [0.2, 0.25) is 39.3 Å². The smallest absolute Gasteiger partial charge is 0.432 e. The lowest BCUT2D eigenvalue weighted by atomic mass is 9.96. The van der Waals surface area contributed by atoms with E-state index in [1.165, 1.54) is 0 Å². The van der Waals surface area contributed by atoms with Gasteiger partial charge in [0.15, 0.2) is 0 Å². The Labute approximate surface area is 216 Å². The van der Waals surface area contributed by atoms with Crippen molar-refractivity contribution in [3.63, 3.8) is 0 Å². The van der Waals surface area contributed by atoms with Crippen LogP contribution in [0, 0.1) is 22.9 Å². The first-order valence-corrected chi connectivity index (χ1v) is 19.4. The van der Waals surface area contributed by atoms with E-state index in [-0.39, 0.29) is 18.4 Å². The fourth-order valence-corrected chi connectivity index (χ4v) is 5.24. The Morgan fingerprint density at radius 3 is 1.89 bits per heavy atom. The molecule has 1 amide bonds. The van der Waals surface area contributed by atoms with Crippen molar-refractivity contribution in [2.45, 2.75) is 58.0 Å². The van der Waals surface area contributed by atoms with Gasteiger partial charge in [-0.25, -0.2) is 4.79 Å². The Morgan fingerprint density at radius 1 is 0.917 bits per heavy atom. The van der Waals surface area contributed by atoms with E-state index in [0.29, 0.717) is 19.4 Å². The molecule has 0 bridgehead atoms. The monoisotopic (exact) mass is 515 g/mol. The molecule has 36 heavy (non-hydrogen) atoms. The van der Waals surface area contributed by atoms with Crippen molar-refractivity contribution in [2.24, 2.45) is 0 Å². The van der Waals surface area contributed by atoms with Crippen LogP contribution in [-0.4, -0.2) is 46.4 Å². The first-order chi connectivity index (χ1) is 16.9. The van der Waals surface area contributed by atoms with Crippen molar-refractivity contribution in [1.82, 2.24) is 5.06 Å². The highest BCUT2D eigenvalue weighted by Crippen LogP contribution is 2.45. The van der Waals surface area contributed by atoms with E-state index in [1.54, 1.807) is 0 Å². The summed E-state index contributed by atoms with van der Waals surface area (Å²) in [6.07, 6.45) is 0.210. The zero-order chi connectivity index (χ0) is 26.1. The second-order valence-corrected chi connectivity index (χ2v) is 20.9. The third-order valence-electron chi connectivity index (χ3n) is 5.89. The highest BCUT2D eigenvalue weighted by atomic mass is 28.3. The van der Waals surface area contributed by atoms with Crippen molar-refractivity contribution in [1.29, 1.82) is 0 Å². The summed E-state index contributed by atoms with van der Waals surface area (Å²) < 4.78 is 5.54. The maximum atomic E-state index is 12.4. The van der Waals surface area contributed by atoms with Crippen LogP contribution in [0.25, 0.3) is 11.1 Å². The van der Waals surface area contributed by atoms with Crippen LogP contribution in [0.15, 0.2) is 36.4 Å². The Bertz CT molecular complexity index is 1250. The second kappa shape index (κ2) is 10.0. The normalized spacial score (nSPS) is 14.8. The van der Waals surface area contributed by atoms with Crippen LogP contribution in [0.4, 0.5) is 4.79 Å². The minimum Gasteiger partial charge on any atom is -0.432 e. The van der Waals surface area contributed by atoms with E-state index in [2.05, 4.69) is 98.6 Å². The third kappa shape index (κ3) is 6.29. The summed E-state index contributed by atoms with van der Waals surface area (Å²) in [6, 6.07) is 12.6. The van der Waals surface area contributed by atoms with Crippen LogP contribution in [0.5, 0.6) is 0 Å². The summed E-state index contributed by atoms with van der Waals surface area (Å²) in [5.41, 5.74) is 13.2. The van der Waals surface area contributed by atoms with Crippen LogP contribution < -0.4 is 0 Å². The van der Waals surface area contributed by atoms with Gasteiger partial charge in [0.25, 0.3) is 5.91 Å². The molecule has 0 N–H and O–H groups in total. The fourth-order valence-electron chi connectivity index (χ4n) is 4.20. The molecular formula is C29H33NO4Si2. The van der Waals surface area contributed by atoms with Crippen LogP contribution in [-0.2, 0) is 14.4 Å². The number of hydrogen-bond donors (Lipinski definition) is 0. The molecule has 1 aliphatic heterocycles. The minimum atomic E-state index is -1.52. The molecule has 1 heterocycles. The van der Waals surface area contributed by atoms with Crippen LogP contribution in [0.1, 0.15) is 41.0 Å². The van der Waals surface area contributed by atoms with Gasteiger partial charge in [-0.3, -0.25) is 4.79 Å². The Kier molecular flexibility index (Phi) is 7.17. The molecule has 1 saturated heterocycles. The summed E-state index contributed by atoms with van der Waals surface area (Å²) in [6.45, 7) is 13.8. The van der Waals surface area contributed by atoms with Crippen molar-refractivity contribution in [3.05, 3.63) is 58.7 Å². The summed E-state index contributed by atoms with van der Waals surface area (Å²) in [5, 5.41) is 1.09. The lowest BCUT2D eigenvalue weighted by Gasteiger charge is -2.17. The van der Waals surface area contributed by atoms with Gasteiger partial charge in [0.05, 0.1) is 6.54 Å². The van der Waals surface area contributed by atoms with Crippen molar-refractivity contribution >= 4 is 28.2 Å². The van der Waals surface area contributed by atoms with E-state index in [0.717, 1.165) is 38.4 Å². The number of carbonyl (C=O) groups is 2. The molecule has 2 aromatic rings. The second-order valence-electron chi connectivity index (χ2n) is 11.4. The lowest BCUT2D eigenvalue weighted by Crippen LogP contribution is -2.29. The molecule has 2 aromatic carbocycles. The first-order valence-electron chi connectivity index (χ1n) is 12.4. The van der Waals surface area contributed by atoms with Crippen molar-refractivity contribution in [2.75, 3.05) is 13.2 Å². The number of nitrogens with zero attached hydrogens (tertiary/aromatic N) is 1. The first kappa shape index (κ1) is 25.8. The predicted molar refractivity (Wildman–Crippen MR) is 148 cm³/mol. The molecule has 5 nitrogen and oxygen atoms in total. The minimum absolute atomic E-state index is 0.108. The van der Waals surface area contributed by atoms with E-state index < -0.39 is 22.3 Å². The summed E-state index contributed by atoms with van der Waals surface area (Å²) in [7, 11) is -3.05. The van der Waals surface area contributed by atoms with Gasteiger partial charge in [-0.1, -0.05) is 63.3 Å². The van der Waals surface area contributed by atoms with Gasteiger partial charge in [0, 0.05) is 23.5 Å². The average Bonchev–Trinajstić information content (AvgIpc) is 3.33. The zero-order valence-electron chi connectivity index (χ0n) is 22.0. The molecule has 7 heteroatoms. The maximum absolute atomic E-state index is 12.4. The van der Waals surface area contributed by atoms with E-state index >= 15 is 0 Å². The number of hydrogen-bond acceptors (Lipinski definition) is 4. The summed E-state index contributed by atoms with van der Waals surface area (Å²) in [5.74, 6) is 6.33. The third-order valence-corrected chi connectivity index (χ3v) is 7.64. The predicted octanol–water partition coefficient (Wildman–Crippen LogP) is 5.95. The number of rotatable bonds is 3. The molecule has 186 valence electrons. The van der Waals surface area contributed by atoms with Gasteiger partial charge < -0.3 is 9.57 Å². The molecule has 1 fully saturated rings. The summed E-state index contributed by atoms with van der Waals surface area (Å²) >= 11 is 0. The van der Waals surface area contributed by atoms with Gasteiger partial charge in [-0.15, -0.1) is 11.1 Å². The molecule has 0 unspecified atom stereocenters. The Balaban J connectivity index is 1.65. The SMILES string of the molecule is C[Si](C)(C)C#Cc1ccc2c(c1)C(COC(=O)ON1CCCC1=O)c1cc(C#C[Si](C)(C)C)ccc1-2. The molecule has 0 aromatic heterocycles. The number of ether oxygens (including phenoxy) is 1. The molecule has 0 saturated carbocycles. The van der Waals surface area contributed by atoms with Crippen molar-refractivity contribution in [3.8, 4) is 34.1 Å². The molecule has 2 aliphatic rings. The lowest BCUT2D eigenvalue weighted by molar-refractivity contribution is -0.164. The molecule has 0 radical (unpaired) electrons. The number of amides is 1. The number of fused-ring (bicyclic) bond motifs is 3. The number of hydroxylamine groups is 2. The topological polar surface area (TPSA) is 55.8 Å². The highest BCUT2D eigenvalue weighted by Gasteiger charge is 2.31. The zero-order valence-corrected chi connectivity index (χ0v) is 24.0. The fraction of sp³-hybridized carbons (Fsp3) is 0.379. The van der Waals surface area contributed by atoms with E-state index in [9.17, 15) is 9.59 Å². The van der Waals surface area contributed by atoms with Gasteiger partial charge in [-0.05, 0) is 52.9 Å². The summed E-state index contributed by atoms with van der Waals surface area (Å²) in [4.78, 5) is 29.4. The van der Waals surface area contributed by atoms with Gasteiger partial charge in [0.1, 0.15) is 22.8 Å². The Hall–Kier alpha value is -3.27. The quantitative estimate of drug-likeness (QED) is 0.288. The van der Waals surface area contributed by atoms with E-state index in [4.69, 9.17) is 9.57 Å². The molecule has 0 atom stereocenters. The van der Waals surface area contributed by atoms with E-state index in [1.807, 2.05) is 0 Å². The highest BCUT2D eigenvalue weighted by molar-refractivity contribution is 6.84. The van der Waals surface area contributed by atoms with Gasteiger partial charge in [0.2, 0.25) is 0 Å². The standard InChI is InChI=1S/C29H33NO4Si2/c1-35(2,3)16-13-21-9-11-23-24-12-10-22(14-17-36(4,5)6)19-26(24)27(25(23)18-21)20-33-29(32)34-30-15-7-8-28(30)31/h9-12,18-19,27H,7-8,15,20H2,1-6H3. The molecule has 0 spiro atoms. The number of benzene rings is 2. The largest absolute Gasteiger partial charge is 0.533 e. The number of carbonyl (C=O) groups excluding carboxylic acids is 2. The molecular weight excluding hydrogens is 482 g/mol. The van der Waals surface area contributed by atoms with Gasteiger partial charge >= 0.3 is 6.16 Å². The van der Waals surface area contributed by atoms with Crippen LogP contribution >= 0.6 is 0 Å². The maximum Gasteiger partial charge on any atom is 0.533 e.